The summed E-state index contributed by atoms with van der Waals surface area (Å²) in [6.07, 6.45) is 7.57. The maximum absolute atomic E-state index is 5.37. The summed E-state index contributed by atoms with van der Waals surface area (Å²) in [5.41, 5.74) is 3.50. The molecule has 0 aromatic heterocycles. The molecule has 5 heteroatoms. The Balaban J connectivity index is 2.02. The molecule has 198 valence electrons. The van der Waals surface area contributed by atoms with Gasteiger partial charge in [0.15, 0.2) is 0 Å². The van der Waals surface area contributed by atoms with Gasteiger partial charge in [-0.05, 0) is 68.2 Å². The van der Waals surface area contributed by atoms with Crippen LogP contribution in [0, 0.1) is 0 Å². The summed E-state index contributed by atoms with van der Waals surface area (Å²) in [6.45, 7) is 18.3. The van der Waals surface area contributed by atoms with E-state index >= 15 is 0 Å². The predicted octanol–water partition coefficient (Wildman–Crippen LogP) is 7.66. The smallest absolute Gasteiger partial charge is 0.281 e. The SMILES string of the molecule is CC(C)N=C(c1ccccc1)N(C(C)C)[Si]1(N(C(=NC(C)C)c2ccccc2)C(C)C)C2C=CC1CC2. The van der Waals surface area contributed by atoms with Crippen molar-refractivity contribution in [3.8, 4) is 0 Å². The molecule has 2 bridgehead atoms. The van der Waals surface area contributed by atoms with Gasteiger partial charge in [0.05, 0.1) is 0 Å². The zero-order valence-electron chi connectivity index (χ0n) is 24.1. The van der Waals surface area contributed by atoms with E-state index in [0.29, 0.717) is 23.2 Å². The molecule has 0 amide bonds. The van der Waals surface area contributed by atoms with Crippen molar-refractivity contribution in [2.75, 3.05) is 0 Å². The number of nitrogens with zero attached hydrogens (tertiary/aromatic N) is 4. The van der Waals surface area contributed by atoms with Gasteiger partial charge in [-0.2, -0.15) is 0 Å². The Morgan fingerprint density at radius 1 is 0.622 bits per heavy atom. The normalized spacial score (nSPS) is 23.7. The summed E-state index contributed by atoms with van der Waals surface area (Å²) in [7, 11) is -2.44. The highest BCUT2D eigenvalue weighted by Gasteiger charge is 2.65. The van der Waals surface area contributed by atoms with E-state index in [1.54, 1.807) is 0 Å². The molecule has 2 aromatic carbocycles. The van der Waals surface area contributed by atoms with E-state index in [-0.39, 0.29) is 12.1 Å². The molecule has 37 heavy (non-hydrogen) atoms. The van der Waals surface area contributed by atoms with Gasteiger partial charge in [0, 0.05) is 46.4 Å². The number of fused-ring (bicyclic) bond motifs is 2. The number of allylic oxidation sites excluding steroid dienone is 2. The van der Waals surface area contributed by atoms with Gasteiger partial charge in [-0.25, -0.2) is 0 Å². The number of aliphatic imine (C=N–C) groups is 2. The molecule has 0 radical (unpaired) electrons. The maximum Gasteiger partial charge on any atom is 0.281 e. The van der Waals surface area contributed by atoms with Crippen LogP contribution in [-0.4, -0.2) is 53.4 Å². The highest BCUT2D eigenvalue weighted by Crippen LogP contribution is 2.58. The van der Waals surface area contributed by atoms with Gasteiger partial charge in [-0.1, -0.05) is 72.8 Å². The third kappa shape index (κ3) is 5.20. The van der Waals surface area contributed by atoms with E-state index in [1.807, 2.05) is 0 Å². The Morgan fingerprint density at radius 2 is 0.973 bits per heavy atom. The second-order valence-corrected chi connectivity index (χ2v) is 15.7. The third-order valence-corrected chi connectivity index (χ3v) is 13.7. The molecule has 1 saturated heterocycles. The Morgan fingerprint density at radius 3 is 1.24 bits per heavy atom. The van der Waals surface area contributed by atoms with Crippen molar-refractivity contribution < 1.29 is 0 Å². The minimum absolute atomic E-state index is 0.208. The molecular weight excluding hydrogens is 468 g/mol. The fraction of sp³-hybridized carbons (Fsp3) is 0.500. The van der Waals surface area contributed by atoms with E-state index in [0.717, 1.165) is 11.7 Å². The minimum Gasteiger partial charge on any atom is -0.362 e. The largest absolute Gasteiger partial charge is 0.362 e. The topological polar surface area (TPSA) is 31.2 Å². The van der Waals surface area contributed by atoms with Crippen molar-refractivity contribution in [3.63, 3.8) is 0 Å². The van der Waals surface area contributed by atoms with E-state index in [2.05, 4.69) is 137 Å². The van der Waals surface area contributed by atoms with Crippen LogP contribution in [0.4, 0.5) is 0 Å². The summed E-state index contributed by atoms with van der Waals surface area (Å²) in [4.78, 5) is 10.7. The lowest BCUT2D eigenvalue weighted by Crippen LogP contribution is -2.73. The van der Waals surface area contributed by atoms with Crippen LogP contribution in [0.3, 0.4) is 0 Å². The van der Waals surface area contributed by atoms with Crippen LogP contribution in [0.1, 0.15) is 79.4 Å². The van der Waals surface area contributed by atoms with Crippen LogP contribution in [0.15, 0.2) is 82.8 Å². The first-order valence-corrected chi connectivity index (χ1v) is 16.3. The molecule has 2 atom stereocenters. The van der Waals surface area contributed by atoms with Gasteiger partial charge in [0.25, 0.3) is 8.40 Å². The Labute approximate surface area is 226 Å². The highest BCUT2D eigenvalue weighted by atomic mass is 28.4. The average molecular weight is 515 g/mol. The highest BCUT2D eigenvalue weighted by molar-refractivity contribution is 6.84. The van der Waals surface area contributed by atoms with E-state index in [4.69, 9.17) is 9.98 Å². The quantitative estimate of drug-likeness (QED) is 0.157. The van der Waals surface area contributed by atoms with Crippen LogP contribution in [0.2, 0.25) is 11.1 Å². The van der Waals surface area contributed by atoms with Crippen LogP contribution in [-0.2, 0) is 0 Å². The lowest BCUT2D eigenvalue weighted by Gasteiger charge is -2.55. The fourth-order valence-electron chi connectivity index (χ4n) is 6.50. The van der Waals surface area contributed by atoms with Gasteiger partial charge in [-0.3, -0.25) is 9.98 Å². The average Bonchev–Trinajstić information content (AvgIpc) is 3.38. The molecule has 4 rings (SSSR count). The summed E-state index contributed by atoms with van der Waals surface area (Å²) in [6, 6.07) is 22.8. The summed E-state index contributed by atoms with van der Waals surface area (Å²) >= 11 is 0. The Hall–Kier alpha value is -2.66. The van der Waals surface area contributed by atoms with Gasteiger partial charge in [0.1, 0.15) is 11.7 Å². The molecule has 0 saturated carbocycles. The van der Waals surface area contributed by atoms with E-state index in [1.165, 1.54) is 24.0 Å². The molecule has 2 heterocycles. The fourth-order valence-corrected chi connectivity index (χ4v) is 13.4. The van der Waals surface area contributed by atoms with Crippen molar-refractivity contribution in [1.29, 1.82) is 0 Å². The van der Waals surface area contributed by atoms with Gasteiger partial charge in [0.2, 0.25) is 0 Å². The zero-order chi connectivity index (χ0) is 26.7. The van der Waals surface area contributed by atoms with Gasteiger partial charge < -0.3 is 9.13 Å². The predicted molar refractivity (Wildman–Crippen MR) is 162 cm³/mol. The molecule has 2 aliphatic heterocycles. The lowest BCUT2D eigenvalue weighted by molar-refractivity contribution is 0.390. The lowest BCUT2D eigenvalue weighted by atomic mass is 10.1. The third-order valence-electron chi connectivity index (χ3n) is 7.54. The first kappa shape index (κ1) is 27.4. The standard InChI is InChI=1S/C32H46N4Si/c1-23(2)33-31(27-15-11-9-12-16-27)35(25(5)6)37(29-19-20-30(37)22-21-29)36(26(7)8)32(34-24(3)4)28-17-13-10-14-18-28/h9-20,23-26,29-30H,21-22H2,1-8H3. The van der Waals surface area contributed by atoms with Crippen LogP contribution >= 0.6 is 0 Å². The van der Waals surface area contributed by atoms with Crippen molar-refractivity contribution in [1.82, 2.24) is 9.13 Å². The molecule has 0 spiro atoms. The Kier molecular flexibility index (Phi) is 8.42. The van der Waals surface area contributed by atoms with E-state index in [9.17, 15) is 0 Å². The monoisotopic (exact) mass is 514 g/mol. The molecule has 0 N–H and O–H groups in total. The molecule has 2 aliphatic rings. The number of rotatable bonds is 8. The van der Waals surface area contributed by atoms with Crippen LogP contribution in [0.5, 0.6) is 0 Å². The van der Waals surface area contributed by atoms with Crippen molar-refractivity contribution in [2.45, 2.75) is 103 Å². The second kappa shape index (κ2) is 11.4. The second-order valence-electron chi connectivity index (χ2n) is 11.7. The van der Waals surface area contributed by atoms with Crippen molar-refractivity contribution in [2.24, 2.45) is 9.98 Å². The maximum atomic E-state index is 5.37. The molecule has 4 nitrogen and oxygen atoms in total. The summed E-state index contributed by atoms with van der Waals surface area (Å²) in [5.74, 6) is 2.31. The van der Waals surface area contributed by atoms with Gasteiger partial charge in [-0.15, -0.1) is 0 Å². The molecule has 1 fully saturated rings. The first-order chi connectivity index (χ1) is 17.7. The molecule has 2 aromatic rings. The molecule has 0 aliphatic carbocycles. The molecule has 2 unspecified atom stereocenters. The van der Waals surface area contributed by atoms with Crippen molar-refractivity contribution in [3.05, 3.63) is 83.9 Å². The zero-order valence-corrected chi connectivity index (χ0v) is 25.1. The number of benzene rings is 2. The summed E-state index contributed by atoms with van der Waals surface area (Å²) < 4.78 is 5.62. The minimum atomic E-state index is -2.44. The number of amidine groups is 2. The summed E-state index contributed by atoms with van der Waals surface area (Å²) in [5, 5.41) is 0. The number of hydrogen-bond acceptors (Lipinski definition) is 2. The molecular formula is C32H46N4Si. The first-order valence-electron chi connectivity index (χ1n) is 14.2. The van der Waals surface area contributed by atoms with Crippen LogP contribution < -0.4 is 0 Å². The Bertz CT molecular complexity index is 1030. The van der Waals surface area contributed by atoms with Crippen LogP contribution in [0.25, 0.3) is 0 Å². The van der Waals surface area contributed by atoms with E-state index < -0.39 is 8.40 Å². The van der Waals surface area contributed by atoms with Crippen molar-refractivity contribution >= 4 is 20.1 Å². The van der Waals surface area contributed by atoms with Gasteiger partial charge >= 0.3 is 0 Å². The number of hydrogen-bond donors (Lipinski definition) is 0.